The smallest absolute Gasteiger partial charge is 0.313 e. The summed E-state index contributed by atoms with van der Waals surface area (Å²) < 4.78 is 2.22. The van der Waals surface area contributed by atoms with Gasteiger partial charge in [-0.2, -0.15) is 0 Å². The minimum atomic E-state index is -0.816. The van der Waals surface area contributed by atoms with Crippen molar-refractivity contribution in [3.05, 3.63) is 18.5 Å². The number of nitrogens with zero attached hydrogens (tertiary/aromatic N) is 3. The third-order valence-electron chi connectivity index (χ3n) is 4.09. The number of imidazole rings is 1. The molecule has 5 nitrogen and oxygen atoms in total. The van der Waals surface area contributed by atoms with E-state index in [1.54, 1.807) is 12.4 Å². The van der Waals surface area contributed by atoms with Crippen molar-refractivity contribution in [2.24, 2.45) is 5.41 Å². The second-order valence-corrected chi connectivity index (χ2v) is 7.31. The molecule has 0 aromatic carbocycles. The molecule has 0 aliphatic heterocycles. The first-order valence-corrected chi connectivity index (χ1v) is 8.11. The first-order chi connectivity index (χ1) is 9.96. The average molecular weight is 305 g/mol. The summed E-state index contributed by atoms with van der Waals surface area (Å²) in [4.78, 5) is 19.5. The molecular weight excluding hydrogens is 286 g/mol. The molecule has 0 bridgehead atoms. The zero-order valence-corrected chi connectivity index (χ0v) is 13.1. The van der Waals surface area contributed by atoms with Crippen LogP contribution in [-0.2, 0) is 4.79 Å². The van der Waals surface area contributed by atoms with Crippen molar-refractivity contribution in [2.45, 2.75) is 44.3 Å². The van der Waals surface area contributed by atoms with Gasteiger partial charge in [-0.25, -0.2) is 4.98 Å². The number of hydrogen-bond donors (Lipinski definition) is 1. The summed E-state index contributed by atoms with van der Waals surface area (Å²) in [5.74, 6) is -0.782. The van der Waals surface area contributed by atoms with Gasteiger partial charge in [-0.3, -0.25) is 9.78 Å². The molecule has 2 aromatic heterocycles. The van der Waals surface area contributed by atoms with Crippen LogP contribution < -0.4 is 0 Å². The van der Waals surface area contributed by atoms with Crippen molar-refractivity contribution in [1.82, 2.24) is 14.5 Å². The molecule has 112 valence electrons. The summed E-state index contributed by atoms with van der Waals surface area (Å²) in [5.41, 5.74) is 2.24. The van der Waals surface area contributed by atoms with E-state index >= 15 is 0 Å². The number of aliphatic carboxylic acids is 1. The fourth-order valence-electron chi connectivity index (χ4n) is 3.13. The normalized spacial score (nSPS) is 21.0. The van der Waals surface area contributed by atoms with E-state index in [0.717, 1.165) is 29.0 Å². The summed E-state index contributed by atoms with van der Waals surface area (Å²) in [6.45, 7) is 4.58. The second kappa shape index (κ2) is 5.33. The van der Waals surface area contributed by atoms with Crippen LogP contribution in [0.5, 0.6) is 0 Å². The molecular formula is C15H19N3O2S. The summed E-state index contributed by atoms with van der Waals surface area (Å²) in [6, 6.07) is 2.36. The minimum Gasteiger partial charge on any atom is -0.481 e. The number of thioether (sulfide) groups is 1. The lowest BCUT2D eigenvalue weighted by molar-refractivity contribution is -0.133. The third-order valence-corrected chi connectivity index (χ3v) is 5.03. The van der Waals surface area contributed by atoms with Crippen LogP contribution in [0.4, 0.5) is 0 Å². The van der Waals surface area contributed by atoms with Crippen molar-refractivity contribution >= 4 is 28.8 Å². The summed E-state index contributed by atoms with van der Waals surface area (Å²) in [7, 11) is 0. The number of hydrogen-bond acceptors (Lipinski definition) is 4. The fraction of sp³-hybridized carbons (Fsp3) is 0.533. The molecule has 0 amide bonds. The van der Waals surface area contributed by atoms with Gasteiger partial charge in [0, 0.05) is 12.2 Å². The Bertz CT molecular complexity index is 681. The van der Waals surface area contributed by atoms with Gasteiger partial charge in [0.05, 0.1) is 17.5 Å². The lowest BCUT2D eigenvalue weighted by atomic mass is 9.92. The van der Waals surface area contributed by atoms with Gasteiger partial charge < -0.3 is 9.67 Å². The fourth-order valence-corrected chi connectivity index (χ4v) is 3.93. The molecule has 3 rings (SSSR count). The van der Waals surface area contributed by atoms with Crippen molar-refractivity contribution in [3.63, 3.8) is 0 Å². The average Bonchev–Trinajstić information content (AvgIpc) is 2.95. The number of aromatic nitrogens is 3. The van der Waals surface area contributed by atoms with Crippen molar-refractivity contribution in [1.29, 1.82) is 0 Å². The Hall–Kier alpha value is -1.56. The van der Waals surface area contributed by atoms with Crippen LogP contribution in [0.3, 0.4) is 0 Å². The Morgan fingerprint density at radius 3 is 3.05 bits per heavy atom. The van der Waals surface area contributed by atoms with Gasteiger partial charge in [0.2, 0.25) is 0 Å². The molecule has 2 heterocycles. The highest BCUT2D eigenvalue weighted by Gasteiger charge is 2.34. The molecule has 1 aliphatic rings. The molecule has 1 saturated carbocycles. The van der Waals surface area contributed by atoms with E-state index in [1.807, 2.05) is 6.07 Å². The molecule has 1 unspecified atom stereocenters. The summed E-state index contributed by atoms with van der Waals surface area (Å²) in [5, 5.41) is 9.71. The molecule has 21 heavy (non-hydrogen) atoms. The van der Waals surface area contributed by atoms with E-state index in [-0.39, 0.29) is 5.75 Å². The predicted molar refractivity (Wildman–Crippen MR) is 82.6 cm³/mol. The third kappa shape index (κ3) is 2.90. The Balaban J connectivity index is 2.01. The maximum Gasteiger partial charge on any atom is 0.313 e. The number of rotatable bonds is 4. The maximum absolute atomic E-state index is 10.9. The lowest BCUT2D eigenvalue weighted by Crippen LogP contribution is -2.11. The quantitative estimate of drug-likeness (QED) is 0.877. The molecule has 6 heteroatoms. The number of carbonyl (C=O) groups is 1. The zero-order chi connectivity index (χ0) is 15.0. The van der Waals surface area contributed by atoms with Crippen LogP contribution in [0.15, 0.2) is 23.6 Å². The van der Waals surface area contributed by atoms with E-state index < -0.39 is 5.97 Å². The standard InChI is InChI=1S/C15H19N3O2S/c1-15(2)5-3-10(7-15)18-12-4-6-16-8-11(12)17-14(18)21-9-13(19)20/h4,6,8,10H,3,5,7,9H2,1-2H3,(H,19,20). The van der Waals surface area contributed by atoms with Crippen LogP contribution in [0, 0.1) is 5.41 Å². The van der Waals surface area contributed by atoms with E-state index in [9.17, 15) is 4.79 Å². The van der Waals surface area contributed by atoms with E-state index in [1.165, 1.54) is 18.2 Å². The highest BCUT2D eigenvalue weighted by atomic mass is 32.2. The van der Waals surface area contributed by atoms with E-state index in [4.69, 9.17) is 5.11 Å². The van der Waals surface area contributed by atoms with Crippen LogP contribution in [0.2, 0.25) is 0 Å². The highest BCUT2D eigenvalue weighted by molar-refractivity contribution is 7.99. The van der Waals surface area contributed by atoms with E-state index in [0.29, 0.717) is 11.5 Å². The van der Waals surface area contributed by atoms with Gasteiger partial charge in [-0.15, -0.1) is 0 Å². The predicted octanol–water partition coefficient (Wildman–Crippen LogP) is 3.36. The molecule has 0 saturated heterocycles. The Labute approximate surface area is 127 Å². The van der Waals surface area contributed by atoms with Crippen molar-refractivity contribution < 1.29 is 9.90 Å². The first kappa shape index (κ1) is 14.4. The number of carboxylic acids is 1. The molecule has 1 N–H and O–H groups in total. The summed E-state index contributed by atoms with van der Waals surface area (Å²) in [6.07, 6.45) is 6.91. The maximum atomic E-state index is 10.9. The first-order valence-electron chi connectivity index (χ1n) is 7.13. The Morgan fingerprint density at radius 2 is 2.38 bits per heavy atom. The molecule has 1 fully saturated rings. The van der Waals surface area contributed by atoms with Crippen molar-refractivity contribution in [3.8, 4) is 0 Å². The van der Waals surface area contributed by atoms with E-state index in [2.05, 4.69) is 28.4 Å². The number of fused-ring (bicyclic) bond motifs is 1. The minimum absolute atomic E-state index is 0.0346. The molecule has 0 spiro atoms. The van der Waals surface area contributed by atoms with Crippen molar-refractivity contribution in [2.75, 3.05) is 5.75 Å². The number of carboxylic acid groups (broad SMARTS) is 1. The van der Waals surface area contributed by atoms with Gasteiger partial charge in [0.25, 0.3) is 0 Å². The monoisotopic (exact) mass is 305 g/mol. The largest absolute Gasteiger partial charge is 0.481 e. The molecule has 0 radical (unpaired) electrons. The second-order valence-electron chi connectivity index (χ2n) is 6.37. The van der Waals surface area contributed by atoms with Crippen LogP contribution in [0.25, 0.3) is 11.0 Å². The molecule has 1 atom stereocenters. The van der Waals surface area contributed by atoms with Gasteiger partial charge >= 0.3 is 5.97 Å². The van der Waals surface area contributed by atoms with Crippen LogP contribution in [0.1, 0.15) is 39.2 Å². The van der Waals surface area contributed by atoms with Gasteiger partial charge in [0.15, 0.2) is 5.16 Å². The van der Waals surface area contributed by atoms with Crippen LogP contribution in [-0.4, -0.2) is 31.4 Å². The van der Waals surface area contributed by atoms with Gasteiger partial charge in [-0.05, 0) is 30.7 Å². The Kier molecular flexibility index (Phi) is 3.65. The molecule has 1 aliphatic carbocycles. The molecule has 2 aromatic rings. The van der Waals surface area contributed by atoms with Gasteiger partial charge in [-0.1, -0.05) is 25.6 Å². The topological polar surface area (TPSA) is 68.0 Å². The van der Waals surface area contributed by atoms with Gasteiger partial charge in [0.1, 0.15) is 5.52 Å². The zero-order valence-electron chi connectivity index (χ0n) is 12.2. The summed E-state index contributed by atoms with van der Waals surface area (Å²) >= 11 is 1.29. The number of pyridine rings is 1. The Morgan fingerprint density at radius 1 is 1.57 bits per heavy atom. The van der Waals surface area contributed by atoms with Crippen LogP contribution >= 0.6 is 11.8 Å². The SMILES string of the molecule is CC1(C)CCC(n2c(SCC(=O)O)nc3cnccc32)C1. The lowest BCUT2D eigenvalue weighted by Gasteiger charge is -2.19. The highest BCUT2D eigenvalue weighted by Crippen LogP contribution is 2.45.